The summed E-state index contributed by atoms with van der Waals surface area (Å²) in [6, 6.07) is 4.04. The molecule has 0 aromatic carbocycles. The summed E-state index contributed by atoms with van der Waals surface area (Å²) in [5.41, 5.74) is 0.0985. The summed E-state index contributed by atoms with van der Waals surface area (Å²) in [5, 5.41) is 4.31. The van der Waals surface area contributed by atoms with Crippen molar-refractivity contribution >= 4 is 11.8 Å². The van der Waals surface area contributed by atoms with Gasteiger partial charge in [-0.1, -0.05) is 11.8 Å². The molecule has 0 atom stereocenters. The summed E-state index contributed by atoms with van der Waals surface area (Å²) >= 11 is 1.62. The Morgan fingerprint density at radius 3 is 2.68 bits per heavy atom. The molecular formula is C14H19N3OS. The summed E-state index contributed by atoms with van der Waals surface area (Å²) in [6.07, 6.45) is 5.13. The number of rotatable bonds is 5. The van der Waals surface area contributed by atoms with E-state index in [9.17, 15) is 0 Å². The van der Waals surface area contributed by atoms with Gasteiger partial charge in [0.05, 0.1) is 18.5 Å². The van der Waals surface area contributed by atoms with Crippen LogP contribution in [0.2, 0.25) is 0 Å². The van der Waals surface area contributed by atoms with Crippen molar-refractivity contribution in [3.63, 3.8) is 0 Å². The molecule has 2 heterocycles. The van der Waals surface area contributed by atoms with Crippen LogP contribution in [0.1, 0.15) is 32.3 Å². The van der Waals surface area contributed by atoms with Crippen LogP contribution in [0.15, 0.2) is 40.2 Å². The van der Waals surface area contributed by atoms with Crippen molar-refractivity contribution in [2.24, 2.45) is 0 Å². The van der Waals surface area contributed by atoms with Gasteiger partial charge in [0.15, 0.2) is 0 Å². The zero-order valence-electron chi connectivity index (χ0n) is 11.5. The fourth-order valence-corrected chi connectivity index (χ4v) is 2.17. The van der Waals surface area contributed by atoms with Gasteiger partial charge in [-0.15, -0.1) is 0 Å². The summed E-state index contributed by atoms with van der Waals surface area (Å²) < 4.78 is 5.77. The quantitative estimate of drug-likeness (QED) is 0.850. The Hall–Kier alpha value is -1.33. The number of thioether (sulfide) groups is 1. The SMILES string of the molecule is CC(C)(C)NCc1ccc(CSc2cnccn2)o1. The molecule has 0 radical (unpaired) electrons. The van der Waals surface area contributed by atoms with Crippen LogP contribution in [0.5, 0.6) is 0 Å². The first kappa shape index (κ1) is 14.1. The number of hydrogen-bond acceptors (Lipinski definition) is 5. The van der Waals surface area contributed by atoms with E-state index in [1.807, 2.05) is 12.1 Å². The predicted molar refractivity (Wildman–Crippen MR) is 76.9 cm³/mol. The molecule has 0 amide bonds. The number of nitrogens with one attached hydrogen (secondary N) is 1. The average molecular weight is 277 g/mol. The third-order valence-corrected chi connectivity index (χ3v) is 3.35. The molecule has 0 saturated carbocycles. The standard InChI is InChI=1S/C14H19N3OS/c1-14(2,3)17-8-11-4-5-12(18-11)10-19-13-9-15-6-7-16-13/h4-7,9,17H,8,10H2,1-3H3. The van der Waals surface area contributed by atoms with Gasteiger partial charge in [0, 0.05) is 17.9 Å². The van der Waals surface area contributed by atoms with Crippen molar-refractivity contribution in [3.05, 3.63) is 42.2 Å². The molecule has 1 N–H and O–H groups in total. The van der Waals surface area contributed by atoms with E-state index >= 15 is 0 Å². The Kier molecular flexibility index (Phi) is 4.61. The van der Waals surface area contributed by atoms with Crippen molar-refractivity contribution in [2.45, 2.75) is 43.6 Å². The van der Waals surface area contributed by atoms with Crippen molar-refractivity contribution in [1.29, 1.82) is 0 Å². The van der Waals surface area contributed by atoms with Crippen LogP contribution < -0.4 is 5.32 Å². The third-order valence-electron chi connectivity index (χ3n) is 2.41. The molecule has 5 heteroatoms. The number of nitrogens with zero attached hydrogens (tertiary/aromatic N) is 2. The largest absolute Gasteiger partial charge is 0.464 e. The number of furan rings is 1. The number of hydrogen-bond donors (Lipinski definition) is 1. The second kappa shape index (κ2) is 6.21. The second-order valence-electron chi connectivity index (χ2n) is 5.30. The molecule has 0 aliphatic rings. The Bertz CT molecular complexity index is 505. The lowest BCUT2D eigenvalue weighted by atomic mass is 10.1. The minimum Gasteiger partial charge on any atom is -0.464 e. The summed E-state index contributed by atoms with van der Waals surface area (Å²) in [5.74, 6) is 2.69. The highest BCUT2D eigenvalue weighted by Crippen LogP contribution is 2.21. The third kappa shape index (κ3) is 5.04. The van der Waals surface area contributed by atoms with Crippen LogP contribution in [0, 0.1) is 0 Å². The Morgan fingerprint density at radius 2 is 2.00 bits per heavy atom. The molecule has 19 heavy (non-hydrogen) atoms. The number of aromatic nitrogens is 2. The van der Waals surface area contributed by atoms with Gasteiger partial charge >= 0.3 is 0 Å². The van der Waals surface area contributed by atoms with E-state index < -0.39 is 0 Å². The molecule has 0 spiro atoms. The van der Waals surface area contributed by atoms with Crippen LogP contribution in [0.25, 0.3) is 0 Å². The molecule has 2 aromatic heterocycles. The van der Waals surface area contributed by atoms with Crippen LogP contribution in [0.4, 0.5) is 0 Å². The summed E-state index contributed by atoms with van der Waals surface area (Å²) in [6.45, 7) is 7.17. The van der Waals surface area contributed by atoms with E-state index in [-0.39, 0.29) is 5.54 Å². The molecule has 0 unspecified atom stereocenters. The van der Waals surface area contributed by atoms with E-state index in [2.05, 4.69) is 36.1 Å². The van der Waals surface area contributed by atoms with E-state index in [0.717, 1.165) is 28.8 Å². The average Bonchev–Trinajstić information content (AvgIpc) is 2.82. The fraction of sp³-hybridized carbons (Fsp3) is 0.429. The lowest BCUT2D eigenvalue weighted by molar-refractivity contribution is 0.382. The van der Waals surface area contributed by atoms with Crippen LogP contribution in [-0.2, 0) is 12.3 Å². The first-order valence-electron chi connectivity index (χ1n) is 6.24. The topological polar surface area (TPSA) is 51.0 Å². The smallest absolute Gasteiger partial charge is 0.118 e. The van der Waals surface area contributed by atoms with Crippen molar-refractivity contribution in [1.82, 2.24) is 15.3 Å². The van der Waals surface area contributed by atoms with Gasteiger partial charge in [0.25, 0.3) is 0 Å². The predicted octanol–water partition coefficient (Wildman–Crippen LogP) is 3.25. The van der Waals surface area contributed by atoms with Gasteiger partial charge < -0.3 is 9.73 Å². The maximum atomic E-state index is 5.77. The molecule has 0 fully saturated rings. The van der Waals surface area contributed by atoms with Gasteiger partial charge in [-0.2, -0.15) is 0 Å². The zero-order chi connectivity index (χ0) is 13.7. The van der Waals surface area contributed by atoms with Gasteiger partial charge in [-0.3, -0.25) is 4.98 Å². The molecule has 102 valence electrons. The van der Waals surface area contributed by atoms with E-state index in [0.29, 0.717) is 0 Å². The molecule has 0 aliphatic heterocycles. The molecular weight excluding hydrogens is 258 g/mol. The lowest BCUT2D eigenvalue weighted by Gasteiger charge is -2.19. The van der Waals surface area contributed by atoms with Crippen LogP contribution >= 0.6 is 11.8 Å². The van der Waals surface area contributed by atoms with Crippen molar-refractivity contribution < 1.29 is 4.42 Å². The lowest BCUT2D eigenvalue weighted by Crippen LogP contribution is -2.34. The van der Waals surface area contributed by atoms with E-state index in [4.69, 9.17) is 4.42 Å². The maximum Gasteiger partial charge on any atom is 0.118 e. The van der Waals surface area contributed by atoms with E-state index in [1.165, 1.54) is 0 Å². The van der Waals surface area contributed by atoms with Crippen LogP contribution in [0.3, 0.4) is 0 Å². The highest BCUT2D eigenvalue weighted by Gasteiger charge is 2.10. The zero-order valence-corrected chi connectivity index (χ0v) is 12.3. The second-order valence-corrected chi connectivity index (χ2v) is 6.30. The molecule has 4 nitrogen and oxygen atoms in total. The fourth-order valence-electron chi connectivity index (χ4n) is 1.45. The van der Waals surface area contributed by atoms with Gasteiger partial charge in [0.2, 0.25) is 0 Å². The molecule has 0 bridgehead atoms. The maximum absolute atomic E-state index is 5.77. The Balaban J connectivity index is 1.84. The highest BCUT2D eigenvalue weighted by atomic mass is 32.2. The van der Waals surface area contributed by atoms with Gasteiger partial charge in [-0.25, -0.2) is 4.98 Å². The van der Waals surface area contributed by atoms with Crippen molar-refractivity contribution in [3.8, 4) is 0 Å². The Labute approximate surface area is 118 Å². The van der Waals surface area contributed by atoms with E-state index in [1.54, 1.807) is 30.4 Å². The monoisotopic (exact) mass is 277 g/mol. The first-order chi connectivity index (χ1) is 9.03. The molecule has 0 saturated heterocycles. The minimum absolute atomic E-state index is 0.0985. The summed E-state index contributed by atoms with van der Waals surface area (Å²) in [7, 11) is 0. The van der Waals surface area contributed by atoms with Gasteiger partial charge in [0.1, 0.15) is 16.5 Å². The Morgan fingerprint density at radius 1 is 1.21 bits per heavy atom. The minimum atomic E-state index is 0.0985. The first-order valence-corrected chi connectivity index (χ1v) is 7.23. The summed E-state index contributed by atoms with van der Waals surface area (Å²) in [4.78, 5) is 8.25. The van der Waals surface area contributed by atoms with Gasteiger partial charge in [-0.05, 0) is 32.9 Å². The molecule has 2 rings (SSSR count). The molecule has 0 aliphatic carbocycles. The van der Waals surface area contributed by atoms with Crippen molar-refractivity contribution in [2.75, 3.05) is 0 Å². The van der Waals surface area contributed by atoms with Crippen LogP contribution in [-0.4, -0.2) is 15.5 Å². The highest BCUT2D eigenvalue weighted by molar-refractivity contribution is 7.98. The molecule has 2 aromatic rings. The normalized spacial score (nSPS) is 11.7.